The number of hydrogen-bond donors (Lipinski definition) is 0. The highest BCUT2D eigenvalue weighted by atomic mass is 32.1. The van der Waals surface area contributed by atoms with Gasteiger partial charge in [-0.3, -0.25) is 0 Å². The monoisotopic (exact) mass is 283 g/mol. The number of rotatable bonds is 3. The van der Waals surface area contributed by atoms with E-state index in [1.165, 1.54) is 4.90 Å². The van der Waals surface area contributed by atoms with E-state index in [0.717, 1.165) is 11.1 Å². The van der Waals surface area contributed by atoms with Crippen molar-refractivity contribution < 1.29 is 4.39 Å². The van der Waals surface area contributed by atoms with E-state index in [4.69, 9.17) is 0 Å². The number of hydrogen-bond acceptors (Lipinski definition) is 1. The number of halogens is 1. The molecule has 0 aliphatic heterocycles. The van der Waals surface area contributed by atoms with Crippen molar-refractivity contribution in [1.82, 2.24) is 4.90 Å². The first-order valence-electron chi connectivity index (χ1n) is 6.28. The lowest BCUT2D eigenvalue weighted by atomic mass is 10.2. The van der Waals surface area contributed by atoms with Crippen LogP contribution in [-0.4, -0.2) is 16.7 Å². The predicted molar refractivity (Wildman–Crippen MR) is 83.9 cm³/mol. The van der Waals surface area contributed by atoms with E-state index in [2.05, 4.69) is 24.1 Å². The van der Waals surface area contributed by atoms with E-state index >= 15 is 0 Å². The second kappa shape index (κ2) is 7.42. The molecule has 100 valence electrons. The number of nitrogens with zero attached hydrogens (tertiary/aromatic N) is 1. The molecule has 2 aromatic carbocycles. The van der Waals surface area contributed by atoms with Gasteiger partial charge in [-0.05, 0) is 29.9 Å². The van der Waals surface area contributed by atoms with Gasteiger partial charge in [0, 0.05) is 12.1 Å². The normalized spacial score (nSPS) is 9.45. The van der Waals surface area contributed by atoms with Crippen LogP contribution >= 0.6 is 12.2 Å². The summed E-state index contributed by atoms with van der Waals surface area (Å²) in [4.78, 5) is 1.45. The van der Waals surface area contributed by atoms with Crippen molar-refractivity contribution in [2.45, 2.75) is 6.54 Å². The van der Waals surface area contributed by atoms with Crippen LogP contribution in [0.2, 0.25) is 0 Å². The van der Waals surface area contributed by atoms with Gasteiger partial charge in [0.05, 0.1) is 6.54 Å². The summed E-state index contributed by atoms with van der Waals surface area (Å²) in [7, 11) is 0. The molecule has 0 N–H and O–H groups in total. The zero-order valence-corrected chi connectivity index (χ0v) is 11.7. The molecule has 3 heteroatoms. The zero-order chi connectivity index (χ0) is 14.2. The van der Waals surface area contributed by atoms with Gasteiger partial charge >= 0.3 is 0 Å². The van der Waals surface area contributed by atoms with Gasteiger partial charge in [-0.1, -0.05) is 60.4 Å². The maximum Gasteiger partial charge on any atom is 0.256 e. The minimum atomic E-state index is -0.629. The van der Waals surface area contributed by atoms with Crippen LogP contribution in [0.15, 0.2) is 60.7 Å². The van der Waals surface area contributed by atoms with Crippen LogP contribution < -0.4 is 0 Å². The van der Waals surface area contributed by atoms with Gasteiger partial charge in [-0.25, -0.2) is 0 Å². The smallest absolute Gasteiger partial charge is 0.256 e. The van der Waals surface area contributed by atoms with Crippen LogP contribution in [0.3, 0.4) is 0 Å². The Morgan fingerprint density at radius 1 is 1.00 bits per heavy atom. The van der Waals surface area contributed by atoms with Crippen LogP contribution in [0, 0.1) is 11.8 Å². The van der Waals surface area contributed by atoms with Crippen molar-refractivity contribution in [1.29, 1.82) is 0 Å². The molecule has 0 saturated heterocycles. The largest absolute Gasteiger partial charge is 0.324 e. The van der Waals surface area contributed by atoms with Gasteiger partial charge < -0.3 is 4.90 Å². The zero-order valence-electron chi connectivity index (χ0n) is 10.9. The molecule has 0 unspecified atom stereocenters. The molecular formula is C17H14FNS. The van der Waals surface area contributed by atoms with Gasteiger partial charge in [0.2, 0.25) is 0 Å². The Bertz CT molecular complexity index is 614. The molecule has 0 spiro atoms. The van der Waals surface area contributed by atoms with Crippen LogP contribution in [0.1, 0.15) is 11.1 Å². The Labute approximate surface area is 124 Å². The van der Waals surface area contributed by atoms with Crippen LogP contribution in [0.25, 0.3) is 0 Å². The van der Waals surface area contributed by atoms with Crippen LogP contribution in [0.4, 0.5) is 4.39 Å². The molecule has 0 saturated carbocycles. The Morgan fingerprint density at radius 2 is 1.60 bits per heavy atom. The highest BCUT2D eigenvalue weighted by Gasteiger charge is 2.07. The van der Waals surface area contributed by atoms with Crippen molar-refractivity contribution in [3.05, 3.63) is 71.8 Å². The van der Waals surface area contributed by atoms with Gasteiger partial charge in [0.15, 0.2) is 0 Å². The molecule has 0 aliphatic rings. The predicted octanol–water partition coefficient (Wildman–Crippen LogP) is 3.79. The van der Waals surface area contributed by atoms with Gasteiger partial charge in [-0.15, -0.1) is 0 Å². The highest BCUT2D eigenvalue weighted by Crippen LogP contribution is 2.06. The third-order valence-electron chi connectivity index (χ3n) is 2.74. The quantitative estimate of drug-likeness (QED) is 0.365. The maximum atomic E-state index is 13.4. The average Bonchev–Trinajstić information content (AvgIpc) is 2.48. The topological polar surface area (TPSA) is 3.24 Å². The lowest BCUT2D eigenvalue weighted by molar-refractivity contribution is 0.424. The fourth-order valence-electron chi connectivity index (χ4n) is 1.74. The molecule has 0 radical (unpaired) electrons. The fourth-order valence-corrected chi connectivity index (χ4v) is 1.87. The summed E-state index contributed by atoms with van der Waals surface area (Å²) in [6, 6.07) is 19.3. The van der Waals surface area contributed by atoms with Gasteiger partial charge in [-0.2, -0.15) is 4.39 Å². The molecule has 2 aromatic rings. The first-order chi connectivity index (χ1) is 9.75. The summed E-state index contributed by atoms with van der Waals surface area (Å²) in [5.74, 6) is 5.95. The third-order valence-corrected chi connectivity index (χ3v) is 3.00. The molecule has 20 heavy (non-hydrogen) atoms. The maximum absolute atomic E-state index is 13.4. The van der Waals surface area contributed by atoms with E-state index in [-0.39, 0.29) is 6.54 Å². The van der Waals surface area contributed by atoms with E-state index in [9.17, 15) is 4.39 Å². The van der Waals surface area contributed by atoms with E-state index in [0.29, 0.717) is 6.54 Å². The molecule has 0 atom stereocenters. The van der Waals surface area contributed by atoms with Crippen molar-refractivity contribution in [3.63, 3.8) is 0 Å². The van der Waals surface area contributed by atoms with Crippen molar-refractivity contribution in [3.8, 4) is 11.8 Å². The van der Waals surface area contributed by atoms with Crippen LogP contribution in [-0.2, 0) is 6.54 Å². The first kappa shape index (κ1) is 14.2. The lowest BCUT2D eigenvalue weighted by Gasteiger charge is -2.17. The fraction of sp³-hybridized carbons (Fsp3) is 0.118. The van der Waals surface area contributed by atoms with Gasteiger partial charge in [0.25, 0.3) is 5.24 Å². The summed E-state index contributed by atoms with van der Waals surface area (Å²) in [6.45, 7) is 0.707. The summed E-state index contributed by atoms with van der Waals surface area (Å²) in [5.41, 5.74) is 1.92. The molecule has 1 nitrogen and oxygen atoms in total. The minimum absolute atomic E-state index is 0.277. The Balaban J connectivity index is 2.00. The van der Waals surface area contributed by atoms with Gasteiger partial charge in [0.1, 0.15) is 0 Å². The average molecular weight is 283 g/mol. The standard InChI is InChI=1S/C17H14FNS/c18-17(20)19(14-16-10-5-2-6-11-16)13-7-12-15-8-3-1-4-9-15/h1-6,8-11H,13-14H2. The molecule has 0 bridgehead atoms. The summed E-state index contributed by atoms with van der Waals surface area (Å²) >= 11 is 4.64. The minimum Gasteiger partial charge on any atom is -0.324 e. The third kappa shape index (κ3) is 4.49. The Morgan fingerprint density at radius 3 is 2.20 bits per heavy atom. The first-order valence-corrected chi connectivity index (χ1v) is 6.69. The lowest BCUT2D eigenvalue weighted by Crippen LogP contribution is -2.26. The Kier molecular flexibility index (Phi) is 5.28. The SMILES string of the molecule is FC(=S)N(CC#Cc1ccccc1)Cc1ccccc1. The van der Waals surface area contributed by atoms with Crippen molar-refractivity contribution >= 4 is 17.5 Å². The second-order valence-corrected chi connectivity index (χ2v) is 4.60. The molecule has 0 heterocycles. The molecule has 0 aromatic heterocycles. The van der Waals surface area contributed by atoms with Crippen molar-refractivity contribution in [2.75, 3.05) is 6.54 Å². The van der Waals surface area contributed by atoms with E-state index in [1.807, 2.05) is 60.7 Å². The highest BCUT2D eigenvalue weighted by molar-refractivity contribution is 7.79. The van der Waals surface area contributed by atoms with Crippen molar-refractivity contribution in [2.24, 2.45) is 0 Å². The van der Waals surface area contributed by atoms with E-state index < -0.39 is 5.24 Å². The molecule has 0 fully saturated rings. The molecular weight excluding hydrogens is 269 g/mol. The summed E-state index contributed by atoms with van der Waals surface area (Å²) in [6.07, 6.45) is 0. The Hall–Kier alpha value is -2.18. The summed E-state index contributed by atoms with van der Waals surface area (Å²) in [5, 5.41) is -0.629. The molecule has 0 aliphatic carbocycles. The number of benzene rings is 2. The summed E-state index contributed by atoms with van der Waals surface area (Å²) < 4.78 is 13.4. The molecule has 0 amide bonds. The van der Waals surface area contributed by atoms with E-state index in [1.54, 1.807) is 0 Å². The number of thiocarbonyl (C=S) groups is 1. The second-order valence-electron chi connectivity index (χ2n) is 4.26. The van der Waals surface area contributed by atoms with Crippen LogP contribution in [0.5, 0.6) is 0 Å². The molecule has 2 rings (SSSR count).